The van der Waals surface area contributed by atoms with Crippen molar-refractivity contribution in [2.24, 2.45) is 0 Å². The number of hydrogen-bond donors (Lipinski definition) is 3. The van der Waals surface area contributed by atoms with Crippen molar-refractivity contribution in [2.75, 3.05) is 11.8 Å². The first-order chi connectivity index (χ1) is 10.9. The summed E-state index contributed by atoms with van der Waals surface area (Å²) in [6, 6.07) is 5.73. The fraction of sp³-hybridized carbons (Fsp3) is 0.333. The lowest BCUT2D eigenvalue weighted by Gasteiger charge is -2.31. The zero-order chi connectivity index (χ0) is 17.0. The molecule has 0 bridgehead atoms. The zero-order valence-electron chi connectivity index (χ0n) is 12.8. The number of rotatable bonds is 5. The summed E-state index contributed by atoms with van der Waals surface area (Å²) in [5.74, 6) is -0.453. The van der Waals surface area contributed by atoms with Crippen LogP contribution in [0.4, 0.5) is 5.69 Å². The van der Waals surface area contributed by atoms with Gasteiger partial charge in [0, 0.05) is 5.70 Å². The summed E-state index contributed by atoms with van der Waals surface area (Å²) in [6.07, 6.45) is 0.715. The summed E-state index contributed by atoms with van der Waals surface area (Å²) in [5.41, 5.74) is 1.66. The van der Waals surface area contributed by atoms with Crippen LogP contribution in [0.15, 0.2) is 35.5 Å². The maximum Gasteiger partial charge on any atom is 0.338 e. The van der Waals surface area contributed by atoms with Crippen LogP contribution >= 0.6 is 12.2 Å². The number of benzene rings is 1. The van der Waals surface area contributed by atoms with E-state index in [1.165, 1.54) is 12.1 Å². The van der Waals surface area contributed by atoms with Crippen LogP contribution in [0.1, 0.15) is 31.9 Å². The molecule has 8 heteroatoms. The van der Waals surface area contributed by atoms with Crippen molar-refractivity contribution >= 4 is 29.0 Å². The summed E-state index contributed by atoms with van der Waals surface area (Å²) < 4.78 is 5.22. The molecular formula is C15H18N3O4S-. The first-order valence-corrected chi connectivity index (χ1v) is 7.56. The minimum Gasteiger partial charge on any atom is -0.733 e. The van der Waals surface area contributed by atoms with Gasteiger partial charge in [-0.15, -0.1) is 0 Å². The highest BCUT2D eigenvalue weighted by Gasteiger charge is 2.31. The number of allylic oxidation sites excluding steroid dienone is 1. The fourth-order valence-corrected chi connectivity index (χ4v) is 2.58. The SMILES string of the molecule is CCCOC(=O)C1=C(C)NC(=S)N[C@H]1c1cccc(N([O-])O)c1. The molecule has 0 aromatic heterocycles. The number of carbonyl (C=O) groups is 1. The predicted octanol–water partition coefficient (Wildman–Crippen LogP) is 2.13. The van der Waals surface area contributed by atoms with Gasteiger partial charge in [0.05, 0.1) is 23.9 Å². The normalized spacial score (nSPS) is 17.4. The van der Waals surface area contributed by atoms with Crippen molar-refractivity contribution in [3.05, 3.63) is 46.3 Å². The van der Waals surface area contributed by atoms with E-state index in [0.717, 1.165) is 0 Å². The molecule has 0 saturated carbocycles. The molecule has 1 heterocycles. The van der Waals surface area contributed by atoms with Gasteiger partial charge in [0.1, 0.15) is 0 Å². The van der Waals surface area contributed by atoms with Crippen molar-refractivity contribution in [3.63, 3.8) is 0 Å². The number of hydrogen-bond acceptors (Lipinski definition) is 6. The summed E-state index contributed by atoms with van der Waals surface area (Å²) in [5, 5.41) is 26.2. The Morgan fingerprint density at radius 2 is 2.26 bits per heavy atom. The highest BCUT2D eigenvalue weighted by atomic mass is 32.1. The van der Waals surface area contributed by atoms with Gasteiger partial charge in [0.25, 0.3) is 0 Å². The van der Waals surface area contributed by atoms with Gasteiger partial charge in [-0.3, -0.25) is 5.21 Å². The van der Waals surface area contributed by atoms with Gasteiger partial charge in [-0.1, -0.05) is 19.1 Å². The van der Waals surface area contributed by atoms with Gasteiger partial charge >= 0.3 is 5.97 Å². The number of anilines is 1. The Hall–Kier alpha value is -2.16. The van der Waals surface area contributed by atoms with Crippen LogP contribution in [-0.4, -0.2) is 22.9 Å². The van der Waals surface area contributed by atoms with Gasteiger partial charge in [0.15, 0.2) is 5.11 Å². The number of thiocarbonyl (C=S) groups is 1. The standard InChI is InChI=1S/C15H18N3O4S/c1-3-7-22-14(19)12-9(2)16-15(23)17-13(12)10-5-4-6-11(8-10)18(20)21/h4-6,8,13,20H,3,7H2,1-2H3,(H2,16,17,23)/q-1/t13-/m0/s1. The summed E-state index contributed by atoms with van der Waals surface area (Å²) in [7, 11) is 0. The molecular weight excluding hydrogens is 318 g/mol. The number of nitrogens with zero attached hydrogens (tertiary/aromatic N) is 1. The molecule has 124 valence electrons. The molecule has 0 amide bonds. The lowest BCUT2D eigenvalue weighted by atomic mass is 9.95. The van der Waals surface area contributed by atoms with Crippen LogP contribution in [0.3, 0.4) is 0 Å². The Kier molecular flexibility index (Phi) is 5.54. The Labute approximate surface area is 139 Å². The summed E-state index contributed by atoms with van der Waals surface area (Å²) in [4.78, 5) is 12.4. The monoisotopic (exact) mass is 336 g/mol. The molecule has 3 N–H and O–H groups in total. The molecule has 1 atom stereocenters. The van der Waals surface area contributed by atoms with Crippen LogP contribution in [0.5, 0.6) is 0 Å². The molecule has 0 radical (unpaired) electrons. The van der Waals surface area contributed by atoms with Gasteiger partial charge < -0.3 is 25.8 Å². The molecule has 0 aliphatic carbocycles. The second-order valence-corrected chi connectivity index (χ2v) is 5.48. The molecule has 1 aliphatic rings. The lowest BCUT2D eigenvalue weighted by molar-refractivity contribution is -0.139. The molecule has 0 unspecified atom stereocenters. The van der Waals surface area contributed by atoms with E-state index in [-0.39, 0.29) is 10.9 Å². The Bertz CT molecular complexity index is 645. The summed E-state index contributed by atoms with van der Waals surface area (Å²) >= 11 is 5.14. The Morgan fingerprint density at radius 1 is 1.52 bits per heavy atom. The van der Waals surface area contributed by atoms with Crippen LogP contribution in [0, 0.1) is 5.21 Å². The smallest absolute Gasteiger partial charge is 0.338 e. The molecule has 1 aliphatic heterocycles. The van der Waals surface area contributed by atoms with Crippen LogP contribution in [0.2, 0.25) is 0 Å². The molecule has 7 nitrogen and oxygen atoms in total. The lowest BCUT2D eigenvalue weighted by Crippen LogP contribution is -2.45. The van der Waals surface area contributed by atoms with E-state index in [0.29, 0.717) is 35.0 Å². The largest absolute Gasteiger partial charge is 0.733 e. The van der Waals surface area contributed by atoms with Crippen LogP contribution in [0.25, 0.3) is 0 Å². The average molecular weight is 336 g/mol. The van der Waals surface area contributed by atoms with E-state index < -0.39 is 12.0 Å². The minimum atomic E-state index is -0.562. The molecule has 2 rings (SSSR count). The van der Waals surface area contributed by atoms with Gasteiger partial charge in [-0.2, -0.15) is 0 Å². The third kappa shape index (κ3) is 3.98. The van der Waals surface area contributed by atoms with E-state index in [4.69, 9.17) is 22.2 Å². The highest BCUT2D eigenvalue weighted by Crippen LogP contribution is 2.29. The number of carbonyl (C=O) groups excluding carboxylic acids is 1. The van der Waals surface area contributed by atoms with Crippen molar-refractivity contribution in [1.29, 1.82) is 0 Å². The van der Waals surface area contributed by atoms with Crippen LogP contribution in [-0.2, 0) is 9.53 Å². The van der Waals surface area contributed by atoms with E-state index in [9.17, 15) is 10.0 Å². The number of nitrogens with one attached hydrogen (secondary N) is 2. The average Bonchev–Trinajstić information content (AvgIpc) is 2.52. The maximum absolute atomic E-state index is 12.4. The molecule has 0 saturated heterocycles. The minimum absolute atomic E-state index is 0.0627. The maximum atomic E-state index is 12.4. The van der Waals surface area contributed by atoms with Gasteiger partial charge in [-0.25, -0.2) is 4.79 Å². The second kappa shape index (κ2) is 7.40. The van der Waals surface area contributed by atoms with Gasteiger partial charge in [-0.05, 0) is 43.3 Å². The first-order valence-electron chi connectivity index (χ1n) is 7.15. The molecule has 0 spiro atoms. The van der Waals surface area contributed by atoms with Crippen LogP contribution < -0.4 is 15.9 Å². The molecule has 0 fully saturated rings. The van der Waals surface area contributed by atoms with Crippen molar-refractivity contribution in [1.82, 2.24) is 10.6 Å². The Morgan fingerprint density at radius 3 is 2.91 bits per heavy atom. The fourth-order valence-electron chi connectivity index (χ4n) is 2.31. The topological polar surface area (TPSA) is 96.9 Å². The molecule has 23 heavy (non-hydrogen) atoms. The third-order valence-electron chi connectivity index (χ3n) is 3.35. The molecule has 1 aromatic carbocycles. The Balaban J connectivity index is 2.40. The van der Waals surface area contributed by atoms with Crippen molar-refractivity contribution in [2.45, 2.75) is 26.3 Å². The highest BCUT2D eigenvalue weighted by molar-refractivity contribution is 7.80. The first kappa shape index (κ1) is 17.2. The van der Waals surface area contributed by atoms with E-state index in [1.54, 1.807) is 19.1 Å². The predicted molar refractivity (Wildman–Crippen MR) is 89.6 cm³/mol. The van der Waals surface area contributed by atoms with Crippen molar-refractivity contribution < 1.29 is 14.7 Å². The zero-order valence-corrected chi connectivity index (χ0v) is 13.6. The van der Waals surface area contributed by atoms with Gasteiger partial charge in [0.2, 0.25) is 0 Å². The second-order valence-electron chi connectivity index (χ2n) is 5.07. The molecule has 1 aromatic rings. The quantitative estimate of drug-likeness (QED) is 0.427. The van der Waals surface area contributed by atoms with E-state index in [2.05, 4.69) is 10.6 Å². The summed E-state index contributed by atoms with van der Waals surface area (Å²) in [6.45, 7) is 3.96. The van der Waals surface area contributed by atoms with E-state index in [1.807, 2.05) is 6.92 Å². The van der Waals surface area contributed by atoms with Crippen molar-refractivity contribution in [3.8, 4) is 0 Å². The van der Waals surface area contributed by atoms with E-state index >= 15 is 0 Å². The number of esters is 1. The number of ether oxygens (including phenoxy) is 1. The third-order valence-corrected chi connectivity index (χ3v) is 3.57.